The topological polar surface area (TPSA) is 119 Å². The SMILES string of the molecule is CCCNC(=O)NC(=O)COC(=O)c1ccc2c(=O)n3c(nc2c1)CCCCC3. The predicted molar refractivity (Wildman–Crippen MR) is 106 cm³/mol. The second-order valence-corrected chi connectivity index (χ2v) is 6.91. The number of hydrogen-bond acceptors (Lipinski definition) is 6. The highest BCUT2D eigenvalue weighted by Gasteiger charge is 2.17. The van der Waals surface area contributed by atoms with Crippen molar-refractivity contribution in [3.63, 3.8) is 0 Å². The second-order valence-electron chi connectivity index (χ2n) is 6.91. The van der Waals surface area contributed by atoms with E-state index in [4.69, 9.17) is 4.74 Å². The normalized spacial score (nSPS) is 13.3. The van der Waals surface area contributed by atoms with Crippen molar-refractivity contribution in [3.8, 4) is 0 Å². The van der Waals surface area contributed by atoms with Crippen LogP contribution in [0.2, 0.25) is 0 Å². The lowest BCUT2D eigenvalue weighted by molar-refractivity contribution is -0.123. The quantitative estimate of drug-likeness (QED) is 0.735. The Bertz CT molecular complexity index is 998. The van der Waals surface area contributed by atoms with E-state index < -0.39 is 24.5 Å². The highest BCUT2D eigenvalue weighted by Crippen LogP contribution is 2.16. The number of ether oxygens (including phenoxy) is 1. The minimum Gasteiger partial charge on any atom is -0.452 e. The summed E-state index contributed by atoms with van der Waals surface area (Å²) in [5.41, 5.74) is 0.511. The maximum Gasteiger partial charge on any atom is 0.338 e. The molecule has 0 radical (unpaired) electrons. The van der Waals surface area contributed by atoms with Gasteiger partial charge in [-0.25, -0.2) is 14.6 Å². The van der Waals surface area contributed by atoms with Crippen LogP contribution in [0.1, 0.15) is 48.8 Å². The number of benzene rings is 1. The van der Waals surface area contributed by atoms with Gasteiger partial charge >= 0.3 is 12.0 Å². The fourth-order valence-electron chi connectivity index (χ4n) is 3.21. The molecule has 1 aliphatic rings. The monoisotopic (exact) mass is 400 g/mol. The molecule has 0 atom stereocenters. The van der Waals surface area contributed by atoms with Gasteiger partial charge in [-0.05, 0) is 37.5 Å². The molecule has 0 saturated heterocycles. The molecule has 0 spiro atoms. The van der Waals surface area contributed by atoms with Gasteiger partial charge in [-0.15, -0.1) is 0 Å². The molecule has 1 aromatic carbocycles. The van der Waals surface area contributed by atoms with E-state index in [9.17, 15) is 19.2 Å². The number of aryl methyl sites for hydroxylation is 1. The molecule has 1 aliphatic heterocycles. The summed E-state index contributed by atoms with van der Waals surface area (Å²) >= 11 is 0. The molecule has 2 N–H and O–H groups in total. The predicted octanol–water partition coefficient (Wildman–Crippen LogP) is 1.52. The number of carbonyl (C=O) groups is 3. The number of nitrogens with one attached hydrogen (secondary N) is 2. The van der Waals surface area contributed by atoms with Gasteiger partial charge in [0.05, 0.1) is 16.5 Å². The van der Waals surface area contributed by atoms with Crippen molar-refractivity contribution in [3.05, 3.63) is 39.9 Å². The van der Waals surface area contributed by atoms with Crippen molar-refractivity contribution in [1.82, 2.24) is 20.2 Å². The van der Waals surface area contributed by atoms with E-state index >= 15 is 0 Å². The number of carbonyl (C=O) groups excluding carboxylic acids is 3. The summed E-state index contributed by atoms with van der Waals surface area (Å²) in [5.74, 6) is -0.731. The molecule has 3 rings (SSSR count). The Hall–Kier alpha value is -3.23. The van der Waals surface area contributed by atoms with Crippen LogP contribution in [0.5, 0.6) is 0 Å². The van der Waals surface area contributed by atoms with Crippen molar-refractivity contribution >= 4 is 28.8 Å². The maximum atomic E-state index is 12.7. The number of fused-ring (bicyclic) bond motifs is 2. The summed E-state index contributed by atoms with van der Waals surface area (Å²) in [7, 11) is 0. The van der Waals surface area contributed by atoms with Crippen LogP contribution in [0.3, 0.4) is 0 Å². The zero-order valence-electron chi connectivity index (χ0n) is 16.3. The summed E-state index contributed by atoms with van der Waals surface area (Å²) in [6, 6.07) is 3.89. The molecule has 0 aliphatic carbocycles. The van der Waals surface area contributed by atoms with Crippen molar-refractivity contribution in [2.45, 2.75) is 45.6 Å². The Labute approximate surface area is 167 Å². The number of imide groups is 1. The third kappa shape index (κ3) is 4.98. The summed E-state index contributed by atoms with van der Waals surface area (Å²) in [6.07, 6.45) is 4.43. The third-order valence-corrected chi connectivity index (χ3v) is 4.68. The van der Waals surface area contributed by atoms with Crippen LogP contribution in [0.4, 0.5) is 4.79 Å². The van der Waals surface area contributed by atoms with Crippen LogP contribution in [-0.2, 0) is 22.5 Å². The Morgan fingerprint density at radius 2 is 2.03 bits per heavy atom. The van der Waals surface area contributed by atoms with Gasteiger partial charge in [0.1, 0.15) is 5.82 Å². The molecule has 2 aromatic rings. The Balaban J connectivity index is 1.70. The van der Waals surface area contributed by atoms with E-state index in [-0.39, 0.29) is 11.1 Å². The van der Waals surface area contributed by atoms with Crippen LogP contribution in [0, 0.1) is 0 Å². The molecular weight excluding hydrogens is 376 g/mol. The number of aromatic nitrogens is 2. The number of nitrogens with zero attached hydrogens (tertiary/aromatic N) is 2. The first kappa shape index (κ1) is 20.5. The molecule has 29 heavy (non-hydrogen) atoms. The molecule has 0 unspecified atom stereocenters. The van der Waals surface area contributed by atoms with Crippen molar-refractivity contribution < 1.29 is 19.1 Å². The Morgan fingerprint density at radius 3 is 2.83 bits per heavy atom. The number of esters is 1. The standard InChI is InChI=1S/C20H24N4O5/c1-2-9-21-20(28)23-17(25)12-29-19(27)13-7-8-14-15(11-13)22-16-6-4-3-5-10-24(16)18(14)26/h7-8,11H,2-6,9-10,12H2,1H3,(H2,21,23,25,28). The average Bonchev–Trinajstić information content (AvgIpc) is 2.96. The number of hydrogen-bond donors (Lipinski definition) is 2. The first-order chi connectivity index (χ1) is 14.0. The minimum absolute atomic E-state index is 0.107. The van der Waals surface area contributed by atoms with Crippen LogP contribution in [0.15, 0.2) is 23.0 Å². The van der Waals surface area contributed by atoms with Gasteiger partial charge in [-0.2, -0.15) is 0 Å². The molecule has 3 amide bonds. The molecule has 0 saturated carbocycles. The first-order valence-electron chi connectivity index (χ1n) is 9.78. The van der Waals surface area contributed by atoms with E-state index in [1.807, 2.05) is 6.92 Å². The van der Waals surface area contributed by atoms with Crippen molar-refractivity contribution in [2.24, 2.45) is 0 Å². The molecule has 1 aromatic heterocycles. The smallest absolute Gasteiger partial charge is 0.338 e. The van der Waals surface area contributed by atoms with Gasteiger partial charge in [0, 0.05) is 19.5 Å². The van der Waals surface area contributed by atoms with E-state index in [2.05, 4.69) is 15.6 Å². The van der Waals surface area contributed by atoms with Crippen molar-refractivity contribution in [2.75, 3.05) is 13.2 Å². The van der Waals surface area contributed by atoms with E-state index in [1.54, 1.807) is 10.6 Å². The summed E-state index contributed by atoms with van der Waals surface area (Å²) in [5, 5.41) is 5.00. The number of amides is 3. The van der Waals surface area contributed by atoms with Gasteiger partial charge in [0.25, 0.3) is 11.5 Å². The molecular formula is C20H24N4O5. The van der Waals surface area contributed by atoms with Gasteiger partial charge < -0.3 is 10.1 Å². The van der Waals surface area contributed by atoms with Crippen LogP contribution >= 0.6 is 0 Å². The Morgan fingerprint density at radius 1 is 1.21 bits per heavy atom. The van der Waals surface area contributed by atoms with Crippen LogP contribution in [-0.4, -0.2) is 40.6 Å². The highest BCUT2D eigenvalue weighted by atomic mass is 16.5. The lowest BCUT2D eigenvalue weighted by Gasteiger charge is -2.11. The Kier molecular flexibility index (Phi) is 6.58. The fourth-order valence-corrected chi connectivity index (χ4v) is 3.21. The number of urea groups is 1. The van der Waals surface area contributed by atoms with Crippen LogP contribution in [0.25, 0.3) is 10.9 Å². The summed E-state index contributed by atoms with van der Waals surface area (Å²) in [4.78, 5) is 52.7. The lowest BCUT2D eigenvalue weighted by atomic mass is 10.1. The van der Waals surface area contributed by atoms with Gasteiger partial charge in [0.15, 0.2) is 6.61 Å². The van der Waals surface area contributed by atoms with Crippen molar-refractivity contribution in [1.29, 1.82) is 0 Å². The molecule has 9 nitrogen and oxygen atoms in total. The van der Waals surface area contributed by atoms with Gasteiger partial charge in [-0.3, -0.25) is 19.5 Å². The zero-order chi connectivity index (χ0) is 20.8. The molecule has 2 heterocycles. The molecule has 0 fully saturated rings. The van der Waals surface area contributed by atoms with Crippen LogP contribution < -0.4 is 16.2 Å². The van der Waals surface area contributed by atoms with Gasteiger partial charge in [-0.1, -0.05) is 13.3 Å². The summed E-state index contributed by atoms with van der Waals surface area (Å²) < 4.78 is 6.67. The minimum atomic E-state index is -0.729. The van der Waals surface area contributed by atoms with E-state index in [1.165, 1.54) is 12.1 Å². The first-order valence-corrected chi connectivity index (χ1v) is 9.78. The maximum absolute atomic E-state index is 12.7. The highest BCUT2D eigenvalue weighted by molar-refractivity contribution is 5.98. The summed E-state index contributed by atoms with van der Waals surface area (Å²) in [6.45, 7) is 2.39. The van der Waals surface area contributed by atoms with Gasteiger partial charge in [0.2, 0.25) is 0 Å². The molecule has 154 valence electrons. The largest absolute Gasteiger partial charge is 0.452 e. The lowest BCUT2D eigenvalue weighted by Crippen LogP contribution is -2.41. The molecule has 9 heteroatoms. The third-order valence-electron chi connectivity index (χ3n) is 4.68. The van der Waals surface area contributed by atoms with E-state index in [0.29, 0.717) is 24.0 Å². The average molecular weight is 400 g/mol. The fraction of sp³-hybridized carbons (Fsp3) is 0.450. The zero-order valence-corrected chi connectivity index (χ0v) is 16.3. The number of rotatable bonds is 5. The molecule has 0 bridgehead atoms. The van der Waals surface area contributed by atoms with E-state index in [0.717, 1.165) is 37.9 Å². The second kappa shape index (κ2) is 9.31.